The fraction of sp³-hybridized carbons (Fsp3) is 0.0714. The maximum absolute atomic E-state index is 12.5. The number of carbonyl (C=O) groups excluding carboxylic acids is 1. The molecule has 0 bridgehead atoms. The molecule has 1 aliphatic heterocycles. The SMILES string of the molecule is CN1Sc2cc(Cl)ccc2C(=O)c2ccccc21. The Bertz CT molecular complexity index is 641. The Hall–Kier alpha value is -1.45. The largest absolute Gasteiger partial charge is 0.314 e. The maximum Gasteiger partial charge on any atom is 0.196 e. The van der Waals surface area contributed by atoms with Gasteiger partial charge in [0.05, 0.1) is 5.69 Å². The average molecular weight is 276 g/mol. The summed E-state index contributed by atoms with van der Waals surface area (Å²) in [4.78, 5) is 13.4. The van der Waals surface area contributed by atoms with Gasteiger partial charge in [-0.2, -0.15) is 0 Å². The number of halogens is 1. The van der Waals surface area contributed by atoms with E-state index in [4.69, 9.17) is 11.6 Å². The number of hydrogen-bond acceptors (Lipinski definition) is 3. The molecule has 0 aliphatic carbocycles. The molecule has 2 aromatic rings. The summed E-state index contributed by atoms with van der Waals surface area (Å²) >= 11 is 7.51. The lowest BCUT2D eigenvalue weighted by Gasteiger charge is -2.17. The Morgan fingerprint density at radius 3 is 2.72 bits per heavy atom. The van der Waals surface area contributed by atoms with Gasteiger partial charge in [-0.3, -0.25) is 4.79 Å². The Labute approximate surface area is 115 Å². The first-order valence-corrected chi connectivity index (χ1v) is 6.67. The van der Waals surface area contributed by atoms with Gasteiger partial charge in [-0.25, -0.2) is 0 Å². The van der Waals surface area contributed by atoms with E-state index in [-0.39, 0.29) is 5.78 Å². The van der Waals surface area contributed by atoms with Crippen molar-refractivity contribution in [2.45, 2.75) is 4.90 Å². The minimum absolute atomic E-state index is 0.0501. The quantitative estimate of drug-likeness (QED) is 0.677. The zero-order chi connectivity index (χ0) is 12.7. The molecule has 90 valence electrons. The highest BCUT2D eigenvalue weighted by atomic mass is 35.5. The summed E-state index contributed by atoms with van der Waals surface area (Å²) in [7, 11) is 1.95. The molecular formula is C14H10ClNOS. The molecule has 0 fully saturated rings. The van der Waals surface area contributed by atoms with E-state index in [2.05, 4.69) is 0 Å². The van der Waals surface area contributed by atoms with Crippen LogP contribution in [-0.2, 0) is 0 Å². The van der Waals surface area contributed by atoms with Crippen molar-refractivity contribution in [3.63, 3.8) is 0 Å². The van der Waals surface area contributed by atoms with Crippen molar-refractivity contribution < 1.29 is 4.79 Å². The molecule has 0 unspecified atom stereocenters. The number of para-hydroxylation sites is 1. The number of rotatable bonds is 0. The van der Waals surface area contributed by atoms with E-state index in [1.165, 1.54) is 11.9 Å². The third-order valence-corrected chi connectivity index (χ3v) is 4.15. The van der Waals surface area contributed by atoms with Crippen molar-refractivity contribution in [2.75, 3.05) is 11.4 Å². The third kappa shape index (κ3) is 1.80. The van der Waals surface area contributed by atoms with Crippen LogP contribution in [0.1, 0.15) is 15.9 Å². The molecule has 2 nitrogen and oxygen atoms in total. The van der Waals surface area contributed by atoms with Gasteiger partial charge in [0, 0.05) is 28.1 Å². The molecular weight excluding hydrogens is 266 g/mol. The molecule has 0 saturated heterocycles. The Balaban J connectivity index is 2.25. The van der Waals surface area contributed by atoms with Crippen LogP contribution in [0.4, 0.5) is 5.69 Å². The molecule has 4 heteroatoms. The number of ketones is 1. The minimum Gasteiger partial charge on any atom is -0.314 e. The number of anilines is 1. The van der Waals surface area contributed by atoms with E-state index < -0.39 is 0 Å². The van der Waals surface area contributed by atoms with Gasteiger partial charge in [0.15, 0.2) is 5.78 Å². The van der Waals surface area contributed by atoms with E-state index in [1.54, 1.807) is 12.1 Å². The number of benzene rings is 2. The minimum atomic E-state index is 0.0501. The van der Waals surface area contributed by atoms with Crippen molar-refractivity contribution in [2.24, 2.45) is 0 Å². The summed E-state index contributed by atoms with van der Waals surface area (Å²) in [6, 6.07) is 13.0. The molecule has 18 heavy (non-hydrogen) atoms. The van der Waals surface area contributed by atoms with Gasteiger partial charge in [-0.05, 0) is 42.3 Å². The summed E-state index contributed by atoms with van der Waals surface area (Å²) in [6.45, 7) is 0. The molecule has 1 heterocycles. The van der Waals surface area contributed by atoms with E-state index in [0.29, 0.717) is 10.6 Å². The summed E-state index contributed by atoms with van der Waals surface area (Å²) in [5, 5.41) is 0.647. The monoisotopic (exact) mass is 275 g/mol. The number of fused-ring (bicyclic) bond motifs is 2. The first-order chi connectivity index (χ1) is 8.66. The number of hydrogen-bond donors (Lipinski definition) is 0. The highest BCUT2D eigenvalue weighted by molar-refractivity contribution is 8.00. The van der Waals surface area contributed by atoms with Crippen LogP contribution in [0.5, 0.6) is 0 Å². The zero-order valence-corrected chi connectivity index (χ0v) is 11.3. The molecule has 0 radical (unpaired) electrons. The molecule has 1 aliphatic rings. The summed E-state index contributed by atoms with van der Waals surface area (Å²) in [5.74, 6) is 0.0501. The lowest BCUT2D eigenvalue weighted by Crippen LogP contribution is -2.07. The second kappa shape index (κ2) is 4.34. The van der Waals surface area contributed by atoms with Gasteiger partial charge in [-0.1, -0.05) is 23.7 Å². The molecule has 2 aromatic carbocycles. The van der Waals surface area contributed by atoms with Crippen molar-refractivity contribution >= 4 is 35.0 Å². The lowest BCUT2D eigenvalue weighted by atomic mass is 10.0. The van der Waals surface area contributed by atoms with E-state index >= 15 is 0 Å². The highest BCUT2D eigenvalue weighted by Crippen LogP contribution is 2.38. The Kier molecular flexibility index (Phi) is 2.80. The topological polar surface area (TPSA) is 20.3 Å². The molecule has 0 amide bonds. The Morgan fingerprint density at radius 2 is 1.89 bits per heavy atom. The lowest BCUT2D eigenvalue weighted by molar-refractivity contribution is 0.103. The first kappa shape index (κ1) is 11.6. The standard InChI is InChI=1S/C14H10ClNOS/c1-16-12-5-3-2-4-10(12)14(17)11-7-6-9(15)8-13(11)18-16/h2-8H,1H3. The van der Waals surface area contributed by atoms with Crippen LogP contribution in [0.2, 0.25) is 5.02 Å². The van der Waals surface area contributed by atoms with Crippen molar-refractivity contribution in [1.29, 1.82) is 0 Å². The van der Waals surface area contributed by atoms with Gasteiger partial charge in [0.25, 0.3) is 0 Å². The normalized spacial score (nSPS) is 13.9. The van der Waals surface area contributed by atoms with Crippen molar-refractivity contribution in [3.8, 4) is 0 Å². The fourth-order valence-corrected chi connectivity index (χ4v) is 3.27. The molecule has 3 rings (SSSR count). The van der Waals surface area contributed by atoms with Gasteiger partial charge in [0.2, 0.25) is 0 Å². The molecule has 0 saturated carbocycles. The van der Waals surface area contributed by atoms with Crippen LogP contribution < -0.4 is 4.31 Å². The second-order valence-corrected chi connectivity index (χ2v) is 5.68. The van der Waals surface area contributed by atoms with Crippen LogP contribution in [0, 0.1) is 0 Å². The first-order valence-electron chi connectivity index (χ1n) is 5.52. The summed E-state index contributed by atoms with van der Waals surface area (Å²) in [5.41, 5.74) is 2.37. The van der Waals surface area contributed by atoms with Gasteiger partial charge >= 0.3 is 0 Å². The van der Waals surface area contributed by atoms with Crippen molar-refractivity contribution in [1.82, 2.24) is 0 Å². The van der Waals surface area contributed by atoms with E-state index in [0.717, 1.165) is 16.1 Å². The van der Waals surface area contributed by atoms with Crippen LogP contribution in [0.25, 0.3) is 0 Å². The van der Waals surface area contributed by atoms with E-state index in [9.17, 15) is 4.79 Å². The fourth-order valence-electron chi connectivity index (χ4n) is 2.04. The van der Waals surface area contributed by atoms with Gasteiger partial charge in [-0.15, -0.1) is 0 Å². The highest BCUT2D eigenvalue weighted by Gasteiger charge is 2.24. The summed E-state index contributed by atoms with van der Waals surface area (Å²) < 4.78 is 2.00. The predicted octanol–water partition coefficient (Wildman–Crippen LogP) is 4.03. The molecule has 0 spiro atoms. The second-order valence-electron chi connectivity index (χ2n) is 4.08. The average Bonchev–Trinajstić information content (AvgIpc) is 2.47. The number of carbonyl (C=O) groups is 1. The molecule has 0 aromatic heterocycles. The third-order valence-electron chi connectivity index (χ3n) is 2.91. The zero-order valence-electron chi connectivity index (χ0n) is 9.68. The van der Waals surface area contributed by atoms with Crippen LogP contribution in [-0.4, -0.2) is 12.8 Å². The van der Waals surface area contributed by atoms with Crippen molar-refractivity contribution in [3.05, 3.63) is 58.6 Å². The smallest absolute Gasteiger partial charge is 0.196 e. The molecule has 0 N–H and O–H groups in total. The summed E-state index contributed by atoms with van der Waals surface area (Å²) in [6.07, 6.45) is 0. The van der Waals surface area contributed by atoms with Crippen LogP contribution in [0.15, 0.2) is 47.4 Å². The number of nitrogens with zero attached hydrogens (tertiary/aromatic N) is 1. The van der Waals surface area contributed by atoms with E-state index in [1.807, 2.05) is 41.7 Å². The maximum atomic E-state index is 12.5. The Morgan fingerprint density at radius 1 is 1.11 bits per heavy atom. The van der Waals surface area contributed by atoms with Crippen LogP contribution in [0.3, 0.4) is 0 Å². The van der Waals surface area contributed by atoms with Crippen LogP contribution >= 0.6 is 23.5 Å². The van der Waals surface area contributed by atoms with Gasteiger partial charge < -0.3 is 4.31 Å². The van der Waals surface area contributed by atoms with Gasteiger partial charge in [0.1, 0.15) is 0 Å². The predicted molar refractivity (Wildman–Crippen MR) is 75.6 cm³/mol. The molecule has 0 atom stereocenters.